The minimum Gasteiger partial charge on any atom is -0.458 e. The van der Waals surface area contributed by atoms with E-state index in [2.05, 4.69) is 6.58 Å². The van der Waals surface area contributed by atoms with Crippen molar-refractivity contribution in [3.8, 4) is 0 Å². The topological polar surface area (TPSA) is 55.8 Å². The zero-order valence-corrected chi connectivity index (χ0v) is 11.2. The molecular formula is C15H18O4. The molecule has 2 bridgehead atoms. The van der Waals surface area contributed by atoms with E-state index in [9.17, 15) is 9.90 Å². The zero-order chi connectivity index (χ0) is 13.6. The summed E-state index contributed by atoms with van der Waals surface area (Å²) in [5, 5.41) is 11.1. The number of fused-ring (bicyclic) bond motifs is 1. The molecule has 6 atom stereocenters. The lowest BCUT2D eigenvalue weighted by Crippen LogP contribution is -2.47. The van der Waals surface area contributed by atoms with Crippen LogP contribution >= 0.6 is 0 Å². The van der Waals surface area contributed by atoms with Gasteiger partial charge in [-0.2, -0.15) is 0 Å². The lowest BCUT2D eigenvalue weighted by molar-refractivity contribution is -0.174. The van der Waals surface area contributed by atoms with Gasteiger partial charge in [0.15, 0.2) is 0 Å². The van der Waals surface area contributed by atoms with Crippen molar-refractivity contribution in [2.24, 2.45) is 11.8 Å². The Balaban J connectivity index is 1.87. The maximum atomic E-state index is 11.8. The maximum absolute atomic E-state index is 11.8. The molecule has 3 saturated heterocycles. The lowest BCUT2D eigenvalue weighted by atomic mass is 9.75. The van der Waals surface area contributed by atoms with E-state index in [0.717, 1.165) is 12.0 Å². The number of rotatable bonds is 0. The molecule has 5 aliphatic rings. The minimum absolute atomic E-state index is 0.0266. The average molecular weight is 262 g/mol. The fourth-order valence-corrected chi connectivity index (χ4v) is 4.57. The van der Waals surface area contributed by atoms with Gasteiger partial charge in [-0.3, -0.25) is 0 Å². The molecule has 0 aromatic carbocycles. The Morgan fingerprint density at radius 1 is 1.53 bits per heavy atom. The van der Waals surface area contributed by atoms with Crippen LogP contribution < -0.4 is 0 Å². The highest BCUT2D eigenvalue weighted by molar-refractivity contribution is 5.91. The predicted octanol–water partition coefficient (Wildman–Crippen LogP) is 1.34. The van der Waals surface area contributed by atoms with Crippen molar-refractivity contribution >= 4 is 5.97 Å². The number of aliphatic hydroxyl groups is 1. The first-order chi connectivity index (χ1) is 8.88. The Bertz CT molecular complexity index is 528. The molecule has 3 heterocycles. The summed E-state index contributed by atoms with van der Waals surface area (Å²) in [6.07, 6.45) is 3.09. The van der Waals surface area contributed by atoms with Crippen LogP contribution in [0.15, 0.2) is 23.8 Å². The summed E-state index contributed by atoms with van der Waals surface area (Å²) < 4.78 is 11.4. The largest absolute Gasteiger partial charge is 0.458 e. The van der Waals surface area contributed by atoms with E-state index in [4.69, 9.17) is 9.47 Å². The first kappa shape index (κ1) is 11.7. The Kier molecular flexibility index (Phi) is 1.92. The number of carbonyl (C=O) groups is 1. The predicted molar refractivity (Wildman–Crippen MR) is 67.2 cm³/mol. The maximum Gasteiger partial charge on any atom is 0.334 e. The van der Waals surface area contributed by atoms with E-state index in [1.165, 1.54) is 0 Å². The normalized spacial score (nSPS) is 54.8. The van der Waals surface area contributed by atoms with Gasteiger partial charge in [-0.1, -0.05) is 12.7 Å². The van der Waals surface area contributed by atoms with Gasteiger partial charge in [0.25, 0.3) is 0 Å². The molecule has 0 spiro atoms. The fourth-order valence-electron chi connectivity index (χ4n) is 4.57. The minimum atomic E-state index is -0.987. The van der Waals surface area contributed by atoms with Gasteiger partial charge in [-0.15, -0.1) is 0 Å². The van der Waals surface area contributed by atoms with Crippen LogP contribution in [0.2, 0.25) is 0 Å². The van der Waals surface area contributed by atoms with Crippen LogP contribution in [0.3, 0.4) is 0 Å². The Hall–Kier alpha value is -1.13. The highest BCUT2D eigenvalue weighted by atomic mass is 16.6. The second-order valence-electron chi connectivity index (χ2n) is 6.55. The van der Waals surface area contributed by atoms with Gasteiger partial charge in [0.2, 0.25) is 0 Å². The monoisotopic (exact) mass is 262 g/mol. The molecule has 0 unspecified atom stereocenters. The molecular weight excluding hydrogens is 244 g/mol. The van der Waals surface area contributed by atoms with Gasteiger partial charge in [0.1, 0.15) is 11.7 Å². The Morgan fingerprint density at radius 3 is 2.89 bits per heavy atom. The van der Waals surface area contributed by atoms with Crippen molar-refractivity contribution in [1.82, 2.24) is 0 Å². The number of allylic oxidation sites excluding steroid dienone is 1. The van der Waals surface area contributed by atoms with E-state index in [0.29, 0.717) is 12.0 Å². The van der Waals surface area contributed by atoms with Crippen LogP contribution in [0.4, 0.5) is 0 Å². The second kappa shape index (κ2) is 3.13. The SMILES string of the molecule is C=C1C(=O)O[C@H]2[C@@H]3[C@@](O)(C(C)=CC[C@@H]12)[C@@H]1C[C@@]3(C)O1. The van der Waals surface area contributed by atoms with Crippen molar-refractivity contribution in [2.75, 3.05) is 0 Å². The summed E-state index contributed by atoms with van der Waals surface area (Å²) in [6.45, 7) is 7.82. The van der Waals surface area contributed by atoms with Gasteiger partial charge in [0.05, 0.1) is 17.6 Å². The number of ether oxygens (including phenoxy) is 2. The summed E-state index contributed by atoms with van der Waals surface area (Å²) in [5.41, 5.74) is 0.110. The van der Waals surface area contributed by atoms with Crippen molar-refractivity contribution in [3.05, 3.63) is 23.8 Å². The van der Waals surface area contributed by atoms with Crippen LogP contribution in [-0.2, 0) is 14.3 Å². The average Bonchev–Trinajstić information content (AvgIpc) is 2.76. The highest BCUT2D eigenvalue weighted by Crippen LogP contribution is 2.63. The van der Waals surface area contributed by atoms with E-state index >= 15 is 0 Å². The second-order valence-corrected chi connectivity index (χ2v) is 6.55. The van der Waals surface area contributed by atoms with E-state index in [1.54, 1.807) is 0 Å². The molecule has 3 aliphatic heterocycles. The molecule has 5 rings (SSSR count). The van der Waals surface area contributed by atoms with Gasteiger partial charge in [-0.25, -0.2) is 4.79 Å². The van der Waals surface area contributed by atoms with Gasteiger partial charge in [-0.05, 0) is 25.8 Å². The molecule has 4 heteroatoms. The molecule has 0 radical (unpaired) electrons. The third-order valence-electron chi connectivity index (χ3n) is 5.61. The quantitative estimate of drug-likeness (QED) is 0.407. The smallest absolute Gasteiger partial charge is 0.334 e. The molecule has 1 saturated carbocycles. The van der Waals surface area contributed by atoms with Gasteiger partial charge in [0, 0.05) is 17.9 Å². The third kappa shape index (κ3) is 1.11. The van der Waals surface area contributed by atoms with Crippen LogP contribution in [0, 0.1) is 11.8 Å². The molecule has 0 amide bonds. The van der Waals surface area contributed by atoms with E-state index in [1.807, 2.05) is 19.9 Å². The molecule has 102 valence electrons. The summed E-state index contributed by atoms with van der Waals surface area (Å²) in [6, 6.07) is 0. The molecule has 19 heavy (non-hydrogen) atoms. The van der Waals surface area contributed by atoms with Crippen LogP contribution in [0.1, 0.15) is 26.7 Å². The third-order valence-corrected chi connectivity index (χ3v) is 5.61. The Labute approximate surface area is 112 Å². The number of hydrogen-bond acceptors (Lipinski definition) is 4. The number of hydrogen-bond donors (Lipinski definition) is 1. The molecule has 0 aromatic heterocycles. The van der Waals surface area contributed by atoms with E-state index < -0.39 is 5.60 Å². The van der Waals surface area contributed by atoms with Crippen LogP contribution in [0.5, 0.6) is 0 Å². The molecule has 0 aromatic rings. The van der Waals surface area contributed by atoms with E-state index in [-0.39, 0.29) is 35.6 Å². The molecule has 2 aliphatic carbocycles. The molecule has 4 nitrogen and oxygen atoms in total. The standard InChI is InChI=1S/C15H18O4/c1-7-4-5-9-8(2)13(16)18-11(9)12-14(3)6-10(19-14)15(7,12)17/h4,9-12,17H,2,5-6H2,1,3H3/t9-,10-,11+,12-,14+,15+/m0/s1. The van der Waals surface area contributed by atoms with Crippen LogP contribution in [-0.4, -0.2) is 34.5 Å². The van der Waals surface area contributed by atoms with Crippen molar-refractivity contribution < 1.29 is 19.4 Å². The van der Waals surface area contributed by atoms with Crippen molar-refractivity contribution in [2.45, 2.75) is 50.1 Å². The van der Waals surface area contributed by atoms with Gasteiger partial charge >= 0.3 is 5.97 Å². The summed E-state index contributed by atoms with van der Waals surface area (Å²) in [4.78, 5) is 11.8. The first-order valence-corrected chi connectivity index (χ1v) is 6.85. The highest BCUT2D eigenvalue weighted by Gasteiger charge is 2.75. The van der Waals surface area contributed by atoms with Crippen molar-refractivity contribution in [3.63, 3.8) is 0 Å². The van der Waals surface area contributed by atoms with Gasteiger partial charge < -0.3 is 14.6 Å². The summed E-state index contributed by atoms with van der Waals surface area (Å²) in [7, 11) is 0. The Morgan fingerprint density at radius 2 is 2.21 bits per heavy atom. The first-order valence-electron chi connectivity index (χ1n) is 6.85. The van der Waals surface area contributed by atoms with Crippen molar-refractivity contribution in [1.29, 1.82) is 0 Å². The molecule has 1 N–H and O–H groups in total. The summed E-state index contributed by atoms with van der Waals surface area (Å²) in [5.74, 6) is -0.531. The number of esters is 1. The van der Waals surface area contributed by atoms with Crippen LogP contribution in [0.25, 0.3) is 0 Å². The lowest BCUT2D eigenvalue weighted by Gasteiger charge is -2.39. The number of carbonyl (C=O) groups excluding carboxylic acids is 1. The zero-order valence-electron chi connectivity index (χ0n) is 11.2. The summed E-state index contributed by atoms with van der Waals surface area (Å²) >= 11 is 0. The fraction of sp³-hybridized carbons (Fsp3) is 0.667. The molecule has 4 fully saturated rings.